The van der Waals surface area contributed by atoms with E-state index in [2.05, 4.69) is 25.6 Å². The highest BCUT2D eigenvalue weighted by Gasteiger charge is 2.16. The van der Waals surface area contributed by atoms with E-state index in [-0.39, 0.29) is 11.5 Å². The summed E-state index contributed by atoms with van der Waals surface area (Å²) in [6, 6.07) is 15.8. The van der Waals surface area contributed by atoms with E-state index >= 15 is 0 Å². The van der Waals surface area contributed by atoms with Crippen molar-refractivity contribution in [3.63, 3.8) is 0 Å². The van der Waals surface area contributed by atoms with Gasteiger partial charge in [-0.05, 0) is 37.3 Å². The Labute approximate surface area is 159 Å². The summed E-state index contributed by atoms with van der Waals surface area (Å²) < 4.78 is 1.62. The van der Waals surface area contributed by atoms with Gasteiger partial charge in [-0.25, -0.2) is 14.8 Å². The highest BCUT2D eigenvalue weighted by molar-refractivity contribution is 6.05. The molecule has 3 heterocycles. The van der Waals surface area contributed by atoms with Crippen LogP contribution < -0.4 is 10.9 Å². The van der Waals surface area contributed by atoms with E-state index in [0.29, 0.717) is 28.5 Å². The van der Waals surface area contributed by atoms with Crippen LogP contribution in [-0.4, -0.2) is 30.9 Å². The first-order valence-electron chi connectivity index (χ1n) is 8.55. The Bertz CT molecular complexity index is 1180. The van der Waals surface area contributed by atoms with Gasteiger partial charge in [0.05, 0.1) is 23.1 Å². The van der Waals surface area contributed by atoms with Crippen molar-refractivity contribution < 1.29 is 4.79 Å². The SMILES string of the molecule is Cc1c(C(=O)Nc2cccc(-c3ccc(=O)[nH]n3)c2)cnn1-c1ccccn1. The Morgan fingerprint density at radius 3 is 2.75 bits per heavy atom. The number of benzene rings is 1. The van der Waals surface area contributed by atoms with Crippen molar-refractivity contribution in [3.05, 3.63) is 88.6 Å². The van der Waals surface area contributed by atoms with Crippen LogP contribution in [0.15, 0.2) is 71.8 Å². The molecule has 2 N–H and O–H groups in total. The Morgan fingerprint density at radius 2 is 2.00 bits per heavy atom. The number of anilines is 1. The average molecular weight is 372 g/mol. The molecule has 0 aliphatic rings. The smallest absolute Gasteiger partial charge is 0.264 e. The molecule has 4 rings (SSSR count). The predicted octanol–water partition coefficient (Wildman–Crippen LogP) is 2.58. The van der Waals surface area contributed by atoms with Crippen molar-refractivity contribution in [2.75, 3.05) is 5.32 Å². The molecule has 4 aromatic rings. The second kappa shape index (κ2) is 7.28. The topological polar surface area (TPSA) is 106 Å². The van der Waals surface area contributed by atoms with Crippen LogP contribution in [0.4, 0.5) is 5.69 Å². The lowest BCUT2D eigenvalue weighted by Crippen LogP contribution is -2.13. The van der Waals surface area contributed by atoms with Crippen LogP contribution in [0, 0.1) is 6.92 Å². The molecule has 0 aliphatic carbocycles. The molecule has 0 saturated heterocycles. The molecule has 1 aromatic carbocycles. The maximum Gasteiger partial charge on any atom is 0.264 e. The molecule has 138 valence electrons. The number of rotatable bonds is 4. The van der Waals surface area contributed by atoms with Gasteiger partial charge >= 0.3 is 0 Å². The number of pyridine rings is 1. The summed E-state index contributed by atoms with van der Waals surface area (Å²) in [6.45, 7) is 1.82. The summed E-state index contributed by atoms with van der Waals surface area (Å²) in [5.41, 5.74) is 2.87. The normalized spacial score (nSPS) is 10.6. The van der Waals surface area contributed by atoms with Crippen LogP contribution in [0.3, 0.4) is 0 Å². The predicted molar refractivity (Wildman–Crippen MR) is 104 cm³/mol. The third-order valence-electron chi connectivity index (χ3n) is 4.22. The second-order valence-electron chi connectivity index (χ2n) is 6.08. The monoisotopic (exact) mass is 372 g/mol. The lowest BCUT2D eigenvalue weighted by Gasteiger charge is -2.07. The Kier molecular flexibility index (Phi) is 4.51. The number of amides is 1. The van der Waals surface area contributed by atoms with E-state index in [4.69, 9.17) is 0 Å². The fraction of sp³-hybridized carbons (Fsp3) is 0.0500. The van der Waals surface area contributed by atoms with Crippen molar-refractivity contribution in [3.8, 4) is 17.1 Å². The summed E-state index contributed by atoms with van der Waals surface area (Å²) in [7, 11) is 0. The van der Waals surface area contributed by atoms with Crippen LogP contribution in [0.1, 0.15) is 16.1 Å². The van der Waals surface area contributed by atoms with Gasteiger partial charge in [-0.3, -0.25) is 9.59 Å². The minimum Gasteiger partial charge on any atom is -0.322 e. The Morgan fingerprint density at radius 1 is 1.11 bits per heavy atom. The molecule has 0 spiro atoms. The lowest BCUT2D eigenvalue weighted by molar-refractivity contribution is 0.102. The molecule has 1 amide bonds. The number of carbonyl (C=O) groups is 1. The molecule has 8 heteroatoms. The first kappa shape index (κ1) is 17.3. The molecular weight excluding hydrogens is 356 g/mol. The molecule has 0 atom stereocenters. The van der Waals surface area contributed by atoms with Crippen LogP contribution in [-0.2, 0) is 0 Å². The zero-order valence-electron chi connectivity index (χ0n) is 15.0. The molecule has 0 saturated carbocycles. The van der Waals surface area contributed by atoms with Crippen LogP contribution in [0.2, 0.25) is 0 Å². The van der Waals surface area contributed by atoms with Gasteiger partial charge in [0.1, 0.15) is 0 Å². The largest absolute Gasteiger partial charge is 0.322 e. The zero-order valence-corrected chi connectivity index (χ0v) is 15.0. The van der Waals surface area contributed by atoms with Gasteiger partial charge in [0.15, 0.2) is 5.82 Å². The molecule has 0 unspecified atom stereocenters. The molecule has 0 bridgehead atoms. The molecular formula is C20H16N6O2. The number of aromatic amines is 1. The third kappa shape index (κ3) is 3.43. The Hall–Kier alpha value is -4.07. The first-order chi connectivity index (χ1) is 13.6. The van der Waals surface area contributed by atoms with Crippen LogP contribution in [0.25, 0.3) is 17.1 Å². The van der Waals surface area contributed by atoms with Gasteiger partial charge in [-0.1, -0.05) is 18.2 Å². The Balaban J connectivity index is 1.58. The van der Waals surface area contributed by atoms with Gasteiger partial charge in [-0.15, -0.1) is 0 Å². The summed E-state index contributed by atoms with van der Waals surface area (Å²) in [6.07, 6.45) is 3.19. The van der Waals surface area contributed by atoms with Gasteiger partial charge in [-0.2, -0.15) is 10.2 Å². The van der Waals surface area contributed by atoms with Crippen molar-refractivity contribution >= 4 is 11.6 Å². The number of hydrogen-bond acceptors (Lipinski definition) is 5. The maximum atomic E-state index is 12.7. The first-order valence-corrected chi connectivity index (χ1v) is 8.55. The van der Waals surface area contributed by atoms with Crippen molar-refractivity contribution in [2.45, 2.75) is 6.92 Å². The van der Waals surface area contributed by atoms with E-state index in [9.17, 15) is 9.59 Å². The number of nitrogens with one attached hydrogen (secondary N) is 2. The minimum absolute atomic E-state index is 0.270. The molecule has 0 aliphatic heterocycles. The van der Waals surface area contributed by atoms with Gasteiger partial charge in [0, 0.05) is 23.5 Å². The summed E-state index contributed by atoms with van der Waals surface area (Å²) in [5, 5.41) is 13.6. The van der Waals surface area contributed by atoms with Gasteiger partial charge in [0.25, 0.3) is 11.5 Å². The van der Waals surface area contributed by atoms with Crippen molar-refractivity contribution in [1.29, 1.82) is 0 Å². The van der Waals surface area contributed by atoms with E-state index in [1.807, 2.05) is 37.3 Å². The highest BCUT2D eigenvalue weighted by atomic mass is 16.1. The quantitative estimate of drug-likeness (QED) is 0.573. The molecule has 3 aromatic heterocycles. The second-order valence-corrected chi connectivity index (χ2v) is 6.08. The van der Waals surface area contributed by atoms with E-state index in [0.717, 1.165) is 5.56 Å². The highest BCUT2D eigenvalue weighted by Crippen LogP contribution is 2.21. The number of nitrogens with zero attached hydrogens (tertiary/aromatic N) is 4. The van der Waals surface area contributed by atoms with E-state index in [1.54, 1.807) is 29.1 Å². The minimum atomic E-state index is -0.272. The standard InChI is InChI=1S/C20H16N6O2/c1-13-16(12-22-26(13)18-7-2-3-10-21-18)20(28)23-15-6-4-5-14(11-15)17-8-9-19(27)25-24-17/h2-12H,1H3,(H,23,28)(H,25,27). The summed E-state index contributed by atoms with van der Waals surface area (Å²) >= 11 is 0. The van der Waals surface area contributed by atoms with Gasteiger partial charge in [0.2, 0.25) is 0 Å². The average Bonchev–Trinajstić information content (AvgIpc) is 3.11. The fourth-order valence-electron chi connectivity index (χ4n) is 2.80. The van der Waals surface area contributed by atoms with E-state index in [1.165, 1.54) is 12.3 Å². The fourth-order valence-corrected chi connectivity index (χ4v) is 2.80. The number of hydrogen-bond donors (Lipinski definition) is 2. The van der Waals surface area contributed by atoms with Crippen LogP contribution >= 0.6 is 0 Å². The number of aromatic nitrogens is 5. The third-order valence-corrected chi connectivity index (χ3v) is 4.22. The van der Waals surface area contributed by atoms with Crippen molar-refractivity contribution in [2.24, 2.45) is 0 Å². The molecule has 8 nitrogen and oxygen atoms in total. The molecule has 0 fully saturated rings. The summed E-state index contributed by atoms with van der Waals surface area (Å²) in [5.74, 6) is 0.372. The lowest BCUT2D eigenvalue weighted by atomic mass is 10.1. The molecule has 0 radical (unpaired) electrons. The van der Waals surface area contributed by atoms with E-state index < -0.39 is 0 Å². The zero-order chi connectivity index (χ0) is 19.5. The maximum absolute atomic E-state index is 12.7. The van der Waals surface area contributed by atoms with Crippen LogP contribution in [0.5, 0.6) is 0 Å². The number of carbonyl (C=O) groups excluding carboxylic acids is 1. The number of H-pyrrole nitrogens is 1. The van der Waals surface area contributed by atoms with Crippen molar-refractivity contribution in [1.82, 2.24) is 25.0 Å². The van der Waals surface area contributed by atoms with Gasteiger partial charge < -0.3 is 5.32 Å². The summed E-state index contributed by atoms with van der Waals surface area (Å²) in [4.78, 5) is 28.1. The molecule has 28 heavy (non-hydrogen) atoms.